The Balaban J connectivity index is 0.000000154. The molecule has 0 unspecified atom stereocenters. The van der Waals surface area contributed by atoms with Gasteiger partial charge in [0.25, 0.3) is 0 Å². The molecule has 304 valence electrons. The van der Waals surface area contributed by atoms with E-state index in [0.29, 0.717) is 13.2 Å². The predicted molar refractivity (Wildman–Crippen MR) is 257 cm³/mol. The number of hydrogen-bond donors (Lipinski definition) is 0. The Labute approximate surface area is 357 Å². The minimum atomic E-state index is 0.141. The second kappa shape index (κ2) is 14.0. The van der Waals surface area contributed by atoms with Crippen molar-refractivity contribution < 1.29 is 9.47 Å². The van der Waals surface area contributed by atoms with Gasteiger partial charge in [0.05, 0.1) is 0 Å². The minimum absolute atomic E-state index is 0.141. The smallest absolute Gasteiger partial charge is 0.135 e. The summed E-state index contributed by atoms with van der Waals surface area (Å²) in [5.41, 5.74) is 13.6. The SMILES string of the molecule is CC(C)(C)c1ccc2c3c(ccc2c1)-c1ccc2cc(C(C)(C)C)ccc2c1OC3.CC(C)(C)c1ccc2cc3c(cc2c1)OCc1c-3ccc2cc(C(C)(C)C)ccc12. The lowest BCUT2D eigenvalue weighted by Gasteiger charge is -2.26. The third-order valence-electron chi connectivity index (χ3n) is 12.9. The van der Waals surface area contributed by atoms with Crippen LogP contribution in [0.15, 0.2) is 121 Å². The van der Waals surface area contributed by atoms with Crippen molar-refractivity contribution in [1.82, 2.24) is 0 Å². The number of ether oxygens (including phenoxy) is 2. The highest BCUT2D eigenvalue weighted by Crippen LogP contribution is 2.46. The molecule has 0 saturated heterocycles. The van der Waals surface area contributed by atoms with E-state index in [1.54, 1.807) is 0 Å². The maximum atomic E-state index is 6.39. The van der Waals surface area contributed by atoms with Crippen LogP contribution in [0.4, 0.5) is 0 Å². The Bertz CT molecular complexity index is 2740. The van der Waals surface area contributed by atoms with Crippen molar-refractivity contribution in [1.29, 1.82) is 0 Å². The first-order valence-electron chi connectivity index (χ1n) is 21.8. The van der Waals surface area contributed by atoms with Gasteiger partial charge in [0.2, 0.25) is 0 Å². The Kier molecular flexibility index (Phi) is 9.28. The molecule has 8 aromatic rings. The van der Waals surface area contributed by atoms with Gasteiger partial charge in [-0.15, -0.1) is 0 Å². The van der Waals surface area contributed by atoms with Gasteiger partial charge in [-0.2, -0.15) is 0 Å². The fourth-order valence-corrected chi connectivity index (χ4v) is 9.04. The summed E-state index contributed by atoms with van der Waals surface area (Å²) >= 11 is 0. The van der Waals surface area contributed by atoms with Gasteiger partial charge in [-0.05, 0) is 105 Å². The highest BCUT2D eigenvalue weighted by molar-refractivity contribution is 6.01. The van der Waals surface area contributed by atoms with Crippen molar-refractivity contribution in [3.05, 3.63) is 155 Å². The average molecular weight is 789 g/mol. The largest absolute Gasteiger partial charge is 0.488 e. The standard InChI is InChI=1S/2C29H30O/c1-28(2,3)20-9-13-22-18(15-20)7-11-24-25-12-8-19-16-21(29(4,5)6)10-14-23(19)27(25)30-17-26(22)24;1-28(2,3)21-9-7-18-15-25-24-11-8-19-13-22(29(4,5)6)10-12-23(19)26(24)17-30-27(25)16-20(18)14-21/h2*7-16H,17H2,1-6H3. The summed E-state index contributed by atoms with van der Waals surface area (Å²) in [4.78, 5) is 0. The second-order valence-electron chi connectivity index (χ2n) is 21.4. The minimum Gasteiger partial charge on any atom is -0.488 e. The van der Waals surface area contributed by atoms with E-state index in [-0.39, 0.29) is 21.7 Å². The molecule has 0 spiro atoms. The van der Waals surface area contributed by atoms with Gasteiger partial charge in [-0.25, -0.2) is 0 Å². The number of rotatable bonds is 0. The Morgan fingerprint density at radius 1 is 0.317 bits per heavy atom. The number of hydrogen-bond acceptors (Lipinski definition) is 2. The maximum absolute atomic E-state index is 6.39. The van der Waals surface area contributed by atoms with Crippen molar-refractivity contribution in [2.24, 2.45) is 0 Å². The first-order chi connectivity index (χ1) is 28.2. The molecular weight excluding hydrogens is 729 g/mol. The van der Waals surface area contributed by atoms with Crippen LogP contribution in [0.1, 0.15) is 116 Å². The highest BCUT2D eigenvalue weighted by atomic mass is 16.5. The quantitative estimate of drug-likeness (QED) is 0.152. The summed E-state index contributed by atoms with van der Waals surface area (Å²) in [6, 6.07) is 45.5. The van der Waals surface area contributed by atoms with Crippen molar-refractivity contribution in [3.63, 3.8) is 0 Å². The zero-order valence-electron chi connectivity index (χ0n) is 37.8. The van der Waals surface area contributed by atoms with Crippen LogP contribution in [0.2, 0.25) is 0 Å². The molecule has 2 heteroatoms. The Morgan fingerprint density at radius 2 is 0.700 bits per heavy atom. The van der Waals surface area contributed by atoms with E-state index in [4.69, 9.17) is 9.47 Å². The van der Waals surface area contributed by atoms with Gasteiger partial charge in [0.15, 0.2) is 0 Å². The number of fused-ring (bicyclic) bond motifs is 13. The zero-order chi connectivity index (χ0) is 42.5. The lowest BCUT2D eigenvalue weighted by atomic mass is 9.83. The molecule has 60 heavy (non-hydrogen) atoms. The second-order valence-corrected chi connectivity index (χ2v) is 21.4. The number of benzene rings is 8. The molecule has 0 saturated carbocycles. The highest BCUT2D eigenvalue weighted by Gasteiger charge is 2.25. The van der Waals surface area contributed by atoms with Gasteiger partial charge < -0.3 is 9.47 Å². The van der Waals surface area contributed by atoms with E-state index in [0.717, 1.165) is 11.5 Å². The van der Waals surface area contributed by atoms with E-state index in [1.165, 1.54) is 98.7 Å². The van der Waals surface area contributed by atoms with Crippen molar-refractivity contribution in [2.45, 2.75) is 118 Å². The van der Waals surface area contributed by atoms with Crippen LogP contribution in [0.5, 0.6) is 11.5 Å². The molecule has 0 N–H and O–H groups in total. The third-order valence-corrected chi connectivity index (χ3v) is 12.9. The molecule has 0 radical (unpaired) electrons. The van der Waals surface area contributed by atoms with Crippen LogP contribution in [0.25, 0.3) is 65.3 Å². The molecule has 10 rings (SSSR count). The van der Waals surface area contributed by atoms with Gasteiger partial charge in [-0.1, -0.05) is 192 Å². The lowest BCUT2D eigenvalue weighted by Crippen LogP contribution is -2.12. The molecular formula is C58H60O2. The van der Waals surface area contributed by atoms with Crippen LogP contribution in [-0.4, -0.2) is 0 Å². The predicted octanol–water partition coefficient (Wildman–Crippen LogP) is 16.3. The molecule has 0 fully saturated rings. The van der Waals surface area contributed by atoms with Gasteiger partial charge in [-0.3, -0.25) is 0 Å². The first kappa shape index (κ1) is 39.8. The molecule has 0 amide bonds. The first-order valence-corrected chi connectivity index (χ1v) is 21.8. The lowest BCUT2D eigenvalue weighted by molar-refractivity contribution is 0.304. The average Bonchev–Trinajstić information content (AvgIpc) is 3.20. The van der Waals surface area contributed by atoms with Crippen LogP contribution in [0, 0.1) is 0 Å². The molecule has 0 atom stereocenters. The van der Waals surface area contributed by atoms with E-state index >= 15 is 0 Å². The topological polar surface area (TPSA) is 18.5 Å². The third kappa shape index (κ3) is 7.12. The van der Waals surface area contributed by atoms with E-state index in [9.17, 15) is 0 Å². The van der Waals surface area contributed by atoms with Crippen LogP contribution < -0.4 is 9.47 Å². The van der Waals surface area contributed by atoms with Gasteiger partial charge in [0, 0.05) is 27.6 Å². The summed E-state index contributed by atoms with van der Waals surface area (Å²) < 4.78 is 12.7. The molecule has 0 aliphatic carbocycles. The molecule has 2 heterocycles. The molecule has 2 aliphatic heterocycles. The Hall–Kier alpha value is -5.60. The van der Waals surface area contributed by atoms with Crippen molar-refractivity contribution in [2.75, 3.05) is 0 Å². The zero-order valence-corrected chi connectivity index (χ0v) is 37.8. The van der Waals surface area contributed by atoms with Crippen LogP contribution >= 0.6 is 0 Å². The van der Waals surface area contributed by atoms with Crippen molar-refractivity contribution >= 4 is 43.1 Å². The fraction of sp³-hybridized carbons (Fsp3) is 0.310. The monoisotopic (exact) mass is 788 g/mol. The molecule has 0 bridgehead atoms. The molecule has 2 aliphatic rings. The normalized spacial score (nSPS) is 13.8. The van der Waals surface area contributed by atoms with E-state index in [2.05, 4.69) is 204 Å². The van der Waals surface area contributed by atoms with Crippen LogP contribution in [0.3, 0.4) is 0 Å². The summed E-state index contributed by atoms with van der Waals surface area (Å²) in [5, 5.41) is 10.2. The molecule has 0 aromatic heterocycles. The summed E-state index contributed by atoms with van der Waals surface area (Å²) in [6.45, 7) is 28.4. The van der Waals surface area contributed by atoms with E-state index < -0.39 is 0 Å². The maximum Gasteiger partial charge on any atom is 0.135 e. The van der Waals surface area contributed by atoms with Crippen molar-refractivity contribution in [3.8, 4) is 33.8 Å². The summed E-state index contributed by atoms with van der Waals surface area (Å²) in [5.74, 6) is 2.01. The molecule has 2 nitrogen and oxygen atoms in total. The summed E-state index contributed by atoms with van der Waals surface area (Å²) in [6.07, 6.45) is 0. The van der Waals surface area contributed by atoms with Crippen LogP contribution in [-0.2, 0) is 34.9 Å². The van der Waals surface area contributed by atoms with Gasteiger partial charge in [0.1, 0.15) is 24.7 Å². The molecule has 8 aromatic carbocycles. The van der Waals surface area contributed by atoms with Gasteiger partial charge >= 0.3 is 0 Å². The summed E-state index contributed by atoms with van der Waals surface area (Å²) in [7, 11) is 0. The fourth-order valence-electron chi connectivity index (χ4n) is 9.04. The Morgan fingerprint density at radius 3 is 1.20 bits per heavy atom. The van der Waals surface area contributed by atoms with E-state index in [1.807, 2.05) is 0 Å².